The minimum atomic E-state index is -1.60. The number of carbonyl (C=O) groups excluding carboxylic acids is 6. The first-order valence-corrected chi connectivity index (χ1v) is 21.4. The van der Waals surface area contributed by atoms with E-state index in [0.29, 0.717) is 41.8 Å². The number of nitrogens with two attached hydrogens (primary N) is 3. The fraction of sp³-hybridized carbons (Fsp3) is 0.326. The molecule has 0 aliphatic rings. The van der Waals surface area contributed by atoms with E-state index in [4.69, 9.17) is 17.2 Å². The van der Waals surface area contributed by atoms with Gasteiger partial charge in [0.1, 0.15) is 30.2 Å². The highest BCUT2D eigenvalue weighted by Crippen LogP contribution is 2.21. The number of nitrogens with one attached hydrogen (secondary N) is 8. The van der Waals surface area contributed by atoms with Crippen LogP contribution in [0.4, 0.5) is 0 Å². The van der Waals surface area contributed by atoms with Crippen molar-refractivity contribution in [1.82, 2.24) is 46.5 Å². The minimum Gasteiger partial charge on any atom is -0.394 e. The van der Waals surface area contributed by atoms with Gasteiger partial charge in [0.2, 0.25) is 35.4 Å². The molecule has 0 saturated heterocycles. The second kappa shape index (κ2) is 22.8. The van der Waals surface area contributed by atoms with Crippen LogP contribution in [-0.2, 0) is 54.5 Å². The summed E-state index contributed by atoms with van der Waals surface area (Å²) in [6.07, 6.45) is 7.79. The summed E-state index contributed by atoms with van der Waals surface area (Å²) in [7, 11) is 0. The summed E-state index contributed by atoms with van der Waals surface area (Å²) < 4.78 is 0. The Morgan fingerprint density at radius 3 is 1.60 bits per heavy atom. The Kier molecular flexibility index (Phi) is 16.6. The van der Waals surface area contributed by atoms with Crippen molar-refractivity contribution in [3.05, 3.63) is 126 Å². The molecule has 6 amide bonds. The first kappa shape index (κ1) is 47.1. The minimum absolute atomic E-state index is 0.0157. The number of rotatable bonds is 24. The standard InChI is InChI=1S/C46H56N12O7/c47-17-9-8-16-36(41(49)60)54-43(62)37(18-27-10-2-1-3-11-27)56-44(63)39(20-29-23-52-35-15-7-5-13-32(29)35)57-46(65)40(25-59)58-45(64)38(19-28-22-51-34-14-6-4-12-31(28)34)55-42(61)33(48)21-30-24-50-26-53-30/h1-7,10-15,22-24,26,33,36-40,51-52,59H,8-9,16-21,25,47-48H2,(H2,49,60)(H,50,53)(H,54,62)(H,55,61)(H,56,63)(H,57,65)(H,58,64)/t33-,36-,37+,38+,39-,40-/m0/s1. The number of unbranched alkanes of at least 4 members (excludes halogenated alkanes) is 1. The van der Waals surface area contributed by atoms with Crippen LogP contribution >= 0.6 is 0 Å². The number of carbonyl (C=O) groups is 6. The molecule has 0 fully saturated rings. The molecular weight excluding hydrogens is 833 g/mol. The molecule has 6 aromatic rings. The zero-order chi connectivity index (χ0) is 46.3. The number of fused-ring (bicyclic) bond motifs is 2. The molecule has 0 aliphatic carbocycles. The number of nitrogens with zero attached hydrogens (tertiary/aromatic N) is 1. The van der Waals surface area contributed by atoms with Gasteiger partial charge in [0.25, 0.3) is 0 Å². The number of hydrogen-bond donors (Lipinski definition) is 12. The molecule has 19 heteroatoms. The third-order valence-corrected chi connectivity index (χ3v) is 11.1. The Hall–Kier alpha value is -7.35. The summed E-state index contributed by atoms with van der Waals surface area (Å²) in [6.45, 7) is -0.496. The van der Waals surface area contributed by atoms with E-state index >= 15 is 0 Å². The molecule has 0 spiro atoms. The Morgan fingerprint density at radius 2 is 1.08 bits per heavy atom. The topological polar surface area (TPSA) is 321 Å². The van der Waals surface area contributed by atoms with Gasteiger partial charge in [-0.1, -0.05) is 66.7 Å². The lowest BCUT2D eigenvalue weighted by Gasteiger charge is -2.27. The Labute approximate surface area is 374 Å². The van der Waals surface area contributed by atoms with Crippen LogP contribution < -0.4 is 43.8 Å². The molecule has 0 aliphatic heterocycles. The average Bonchev–Trinajstić information content (AvgIpc) is 4.08. The number of primary amides is 1. The van der Waals surface area contributed by atoms with Crippen molar-refractivity contribution in [3.63, 3.8) is 0 Å². The van der Waals surface area contributed by atoms with Crippen LogP contribution in [0.25, 0.3) is 21.8 Å². The lowest BCUT2D eigenvalue weighted by molar-refractivity contribution is -0.135. The summed E-state index contributed by atoms with van der Waals surface area (Å²) in [6, 6.07) is 16.1. The summed E-state index contributed by atoms with van der Waals surface area (Å²) in [4.78, 5) is 95.7. The number of benzene rings is 3. The largest absolute Gasteiger partial charge is 0.394 e. The number of aliphatic hydroxyl groups is 1. The van der Waals surface area contributed by atoms with Gasteiger partial charge in [0.15, 0.2) is 0 Å². The summed E-state index contributed by atoms with van der Waals surface area (Å²) in [5.74, 6) is -4.57. The zero-order valence-electron chi connectivity index (χ0n) is 35.7. The number of H-pyrrole nitrogens is 3. The zero-order valence-corrected chi connectivity index (χ0v) is 35.7. The normalized spacial score (nSPS) is 14.1. The molecule has 0 saturated carbocycles. The van der Waals surface area contributed by atoms with Crippen LogP contribution in [0.15, 0.2) is 104 Å². The number of amides is 6. The quantitative estimate of drug-likeness (QED) is 0.0361. The van der Waals surface area contributed by atoms with E-state index in [2.05, 4.69) is 46.5 Å². The molecule has 0 unspecified atom stereocenters. The van der Waals surface area contributed by atoms with Gasteiger partial charge in [0.05, 0.1) is 19.0 Å². The van der Waals surface area contributed by atoms with E-state index in [1.807, 2.05) is 48.5 Å². The third kappa shape index (κ3) is 12.9. The van der Waals surface area contributed by atoms with E-state index in [0.717, 1.165) is 21.8 Å². The SMILES string of the molecule is NCCCC[C@H](NC(=O)[C@@H](Cc1ccccc1)NC(=O)[C@H](Cc1c[nH]c2ccccc12)NC(=O)[C@H](CO)NC(=O)[C@@H](Cc1c[nH]c2ccccc12)NC(=O)[C@@H](N)Cc1cnc[nH]1)C(N)=O. The number of aliphatic hydroxyl groups excluding tert-OH is 1. The van der Waals surface area contributed by atoms with Gasteiger partial charge in [-0.3, -0.25) is 28.8 Å². The highest BCUT2D eigenvalue weighted by atomic mass is 16.3. The number of para-hydroxylation sites is 2. The molecule has 3 aromatic carbocycles. The Bertz CT molecular complexity index is 2540. The van der Waals surface area contributed by atoms with Crippen molar-refractivity contribution in [2.45, 2.75) is 81.2 Å². The molecule has 15 N–H and O–H groups in total. The molecule has 3 heterocycles. The molecule has 6 atom stereocenters. The number of aromatic amines is 3. The number of hydrogen-bond acceptors (Lipinski definition) is 10. The molecular formula is C46H56N12O7. The molecule has 19 nitrogen and oxygen atoms in total. The lowest BCUT2D eigenvalue weighted by Crippen LogP contribution is -2.61. The Morgan fingerprint density at radius 1 is 0.585 bits per heavy atom. The predicted octanol–water partition coefficient (Wildman–Crippen LogP) is 0.000800. The lowest BCUT2D eigenvalue weighted by atomic mass is 10.0. The molecule has 342 valence electrons. The van der Waals surface area contributed by atoms with Crippen LogP contribution in [-0.4, -0.2) is 110 Å². The van der Waals surface area contributed by atoms with Gasteiger partial charge in [-0.2, -0.15) is 0 Å². The maximum absolute atomic E-state index is 14.5. The molecule has 0 radical (unpaired) electrons. The van der Waals surface area contributed by atoms with Gasteiger partial charge < -0.3 is 63.8 Å². The maximum atomic E-state index is 14.5. The average molecular weight is 889 g/mol. The summed E-state index contributed by atoms with van der Waals surface area (Å²) in [5.41, 5.74) is 21.7. The van der Waals surface area contributed by atoms with Gasteiger partial charge in [-0.25, -0.2) is 4.98 Å². The van der Waals surface area contributed by atoms with E-state index < -0.39 is 78.3 Å². The second-order valence-corrected chi connectivity index (χ2v) is 15.9. The summed E-state index contributed by atoms with van der Waals surface area (Å²) in [5, 5.41) is 25.6. The van der Waals surface area contributed by atoms with Crippen molar-refractivity contribution in [3.8, 4) is 0 Å². The van der Waals surface area contributed by atoms with Crippen molar-refractivity contribution >= 4 is 57.2 Å². The van der Waals surface area contributed by atoms with Gasteiger partial charge in [-0.05, 0) is 54.6 Å². The van der Waals surface area contributed by atoms with Crippen molar-refractivity contribution < 1.29 is 33.9 Å². The van der Waals surface area contributed by atoms with Crippen LogP contribution in [0.5, 0.6) is 0 Å². The van der Waals surface area contributed by atoms with Crippen LogP contribution in [0.2, 0.25) is 0 Å². The predicted molar refractivity (Wildman–Crippen MR) is 243 cm³/mol. The molecule has 0 bridgehead atoms. The van der Waals surface area contributed by atoms with Crippen molar-refractivity contribution in [1.29, 1.82) is 0 Å². The van der Waals surface area contributed by atoms with Gasteiger partial charge >= 0.3 is 0 Å². The van der Waals surface area contributed by atoms with Crippen molar-refractivity contribution in [2.24, 2.45) is 17.2 Å². The monoisotopic (exact) mass is 888 g/mol. The van der Waals surface area contributed by atoms with Crippen LogP contribution in [0.1, 0.15) is 41.6 Å². The third-order valence-electron chi connectivity index (χ3n) is 11.1. The second-order valence-electron chi connectivity index (χ2n) is 15.9. The van der Waals surface area contributed by atoms with Gasteiger partial charge in [0, 0.05) is 71.8 Å². The maximum Gasteiger partial charge on any atom is 0.245 e. The van der Waals surface area contributed by atoms with E-state index in [1.54, 1.807) is 42.7 Å². The first-order valence-electron chi connectivity index (χ1n) is 21.4. The van der Waals surface area contributed by atoms with Crippen molar-refractivity contribution in [2.75, 3.05) is 13.2 Å². The van der Waals surface area contributed by atoms with E-state index in [9.17, 15) is 33.9 Å². The highest BCUT2D eigenvalue weighted by molar-refractivity contribution is 5.97. The first-order chi connectivity index (χ1) is 31.4. The molecule has 6 rings (SSSR count). The number of aromatic nitrogens is 4. The molecule has 65 heavy (non-hydrogen) atoms. The highest BCUT2D eigenvalue weighted by Gasteiger charge is 2.34. The summed E-state index contributed by atoms with van der Waals surface area (Å²) >= 11 is 0. The number of imidazole rings is 1. The smallest absolute Gasteiger partial charge is 0.245 e. The fourth-order valence-electron chi connectivity index (χ4n) is 7.58. The van der Waals surface area contributed by atoms with E-state index in [1.165, 1.54) is 12.5 Å². The van der Waals surface area contributed by atoms with Crippen LogP contribution in [0.3, 0.4) is 0 Å². The fourth-order valence-corrected chi connectivity index (χ4v) is 7.58. The van der Waals surface area contributed by atoms with Gasteiger partial charge in [-0.15, -0.1) is 0 Å². The Balaban J connectivity index is 1.24. The van der Waals surface area contributed by atoms with E-state index in [-0.39, 0.29) is 32.1 Å². The van der Waals surface area contributed by atoms with Crippen LogP contribution in [0, 0.1) is 0 Å². The molecule has 3 aromatic heterocycles.